The highest BCUT2D eigenvalue weighted by Gasteiger charge is 2.18. The standard InChI is InChI=1S/C15H15N5/c16-15-11-5-9(1-2-12(11)19-8-20-15)10-6-14-13(18-7-10)3-4-17-14/h1-2,5-6,8,17-18H,3-4,7H2,(H2,16,19,20). The molecule has 2 aliphatic heterocycles. The predicted molar refractivity (Wildman–Crippen MR) is 79.6 cm³/mol. The van der Waals surface area contributed by atoms with Gasteiger partial charge in [0.15, 0.2) is 0 Å². The molecule has 0 unspecified atom stereocenters. The molecule has 5 heteroatoms. The van der Waals surface area contributed by atoms with Gasteiger partial charge in [-0.2, -0.15) is 0 Å². The molecule has 0 amide bonds. The Morgan fingerprint density at radius 2 is 2.10 bits per heavy atom. The lowest BCUT2D eigenvalue weighted by molar-refractivity contribution is 0.838. The minimum atomic E-state index is 0.528. The van der Waals surface area contributed by atoms with Gasteiger partial charge < -0.3 is 16.4 Å². The number of nitrogens with zero attached hydrogens (tertiary/aromatic N) is 2. The van der Waals surface area contributed by atoms with E-state index >= 15 is 0 Å². The van der Waals surface area contributed by atoms with Crippen LogP contribution in [0, 0.1) is 0 Å². The number of anilines is 1. The van der Waals surface area contributed by atoms with Gasteiger partial charge in [-0.3, -0.25) is 0 Å². The first-order chi connectivity index (χ1) is 9.81. The molecular formula is C15H15N5. The number of nitrogen functional groups attached to an aromatic ring is 1. The first-order valence-electron chi connectivity index (χ1n) is 6.73. The summed E-state index contributed by atoms with van der Waals surface area (Å²) in [5, 5.41) is 7.78. The number of fused-ring (bicyclic) bond motifs is 1. The van der Waals surface area contributed by atoms with Gasteiger partial charge in [0.1, 0.15) is 12.1 Å². The van der Waals surface area contributed by atoms with E-state index in [9.17, 15) is 0 Å². The number of hydrogen-bond donors (Lipinski definition) is 3. The van der Waals surface area contributed by atoms with Crippen molar-refractivity contribution in [1.82, 2.24) is 20.6 Å². The molecule has 0 fully saturated rings. The van der Waals surface area contributed by atoms with Crippen molar-refractivity contribution in [3.63, 3.8) is 0 Å². The molecule has 100 valence electrons. The van der Waals surface area contributed by atoms with Gasteiger partial charge in [0.05, 0.1) is 11.2 Å². The Balaban J connectivity index is 1.81. The first kappa shape index (κ1) is 11.3. The Kier molecular flexibility index (Phi) is 2.39. The van der Waals surface area contributed by atoms with Gasteiger partial charge in [-0.1, -0.05) is 6.07 Å². The van der Waals surface area contributed by atoms with E-state index in [2.05, 4.69) is 38.8 Å². The summed E-state index contributed by atoms with van der Waals surface area (Å²) < 4.78 is 0. The molecule has 1 aromatic carbocycles. The van der Waals surface area contributed by atoms with E-state index in [-0.39, 0.29) is 0 Å². The predicted octanol–water partition coefficient (Wildman–Crippen LogP) is 1.40. The van der Waals surface area contributed by atoms with Gasteiger partial charge >= 0.3 is 0 Å². The molecule has 0 atom stereocenters. The molecule has 4 N–H and O–H groups in total. The van der Waals surface area contributed by atoms with Crippen LogP contribution in [0.1, 0.15) is 12.0 Å². The second-order valence-corrected chi connectivity index (χ2v) is 5.08. The molecule has 20 heavy (non-hydrogen) atoms. The van der Waals surface area contributed by atoms with Crippen LogP contribution in [-0.2, 0) is 0 Å². The molecule has 2 aliphatic rings. The molecule has 0 saturated carbocycles. The van der Waals surface area contributed by atoms with Crippen LogP contribution >= 0.6 is 0 Å². The summed E-state index contributed by atoms with van der Waals surface area (Å²) in [6, 6.07) is 6.15. The van der Waals surface area contributed by atoms with E-state index in [1.165, 1.54) is 23.3 Å². The number of aromatic nitrogens is 2. The summed E-state index contributed by atoms with van der Waals surface area (Å²) in [4.78, 5) is 8.29. The number of allylic oxidation sites excluding steroid dienone is 1. The molecule has 0 bridgehead atoms. The van der Waals surface area contributed by atoms with Gasteiger partial charge in [0.25, 0.3) is 0 Å². The Bertz CT molecular complexity index is 760. The largest absolute Gasteiger partial charge is 0.383 e. The van der Waals surface area contributed by atoms with Crippen molar-refractivity contribution >= 4 is 22.3 Å². The fourth-order valence-electron chi connectivity index (χ4n) is 2.77. The zero-order valence-electron chi connectivity index (χ0n) is 11.0. The average Bonchev–Trinajstić information content (AvgIpc) is 2.95. The normalized spacial score (nSPS) is 17.5. The lowest BCUT2D eigenvalue weighted by atomic mass is 10.00. The van der Waals surface area contributed by atoms with Crippen LogP contribution in [0.5, 0.6) is 0 Å². The maximum atomic E-state index is 5.93. The third-order valence-corrected chi connectivity index (χ3v) is 3.86. The van der Waals surface area contributed by atoms with Gasteiger partial charge in [0, 0.05) is 30.6 Å². The number of hydrogen-bond acceptors (Lipinski definition) is 5. The van der Waals surface area contributed by atoms with E-state index in [0.717, 1.165) is 36.0 Å². The highest BCUT2D eigenvalue weighted by atomic mass is 15.0. The number of dihydropyridines is 1. The van der Waals surface area contributed by atoms with E-state index in [0.29, 0.717) is 5.82 Å². The zero-order chi connectivity index (χ0) is 13.5. The highest BCUT2D eigenvalue weighted by Crippen LogP contribution is 2.27. The molecule has 0 spiro atoms. The summed E-state index contributed by atoms with van der Waals surface area (Å²) in [7, 11) is 0. The average molecular weight is 265 g/mol. The Hall–Kier alpha value is -2.56. The Labute approximate surface area is 116 Å². The van der Waals surface area contributed by atoms with Crippen LogP contribution in [0.25, 0.3) is 16.5 Å². The number of nitrogens with two attached hydrogens (primary N) is 1. The maximum absolute atomic E-state index is 5.93. The van der Waals surface area contributed by atoms with Crippen molar-refractivity contribution in [3.8, 4) is 0 Å². The number of rotatable bonds is 1. The lowest BCUT2D eigenvalue weighted by Crippen LogP contribution is -2.21. The lowest BCUT2D eigenvalue weighted by Gasteiger charge is -2.18. The van der Waals surface area contributed by atoms with Gasteiger partial charge in [-0.15, -0.1) is 0 Å². The Morgan fingerprint density at radius 1 is 1.15 bits per heavy atom. The smallest absolute Gasteiger partial charge is 0.134 e. The van der Waals surface area contributed by atoms with Crippen molar-refractivity contribution in [3.05, 3.63) is 47.6 Å². The summed E-state index contributed by atoms with van der Waals surface area (Å²) in [6.45, 7) is 1.86. The minimum absolute atomic E-state index is 0.528. The fourth-order valence-corrected chi connectivity index (χ4v) is 2.77. The summed E-state index contributed by atoms with van der Waals surface area (Å²) >= 11 is 0. The number of nitrogens with one attached hydrogen (secondary N) is 2. The maximum Gasteiger partial charge on any atom is 0.134 e. The van der Waals surface area contributed by atoms with Crippen molar-refractivity contribution in [2.24, 2.45) is 0 Å². The van der Waals surface area contributed by atoms with Crippen LogP contribution in [-0.4, -0.2) is 23.1 Å². The van der Waals surface area contributed by atoms with Crippen LogP contribution in [0.15, 0.2) is 42.0 Å². The molecule has 0 saturated heterocycles. The molecule has 5 nitrogen and oxygen atoms in total. The quantitative estimate of drug-likeness (QED) is 0.726. The van der Waals surface area contributed by atoms with Crippen LogP contribution in [0.3, 0.4) is 0 Å². The van der Waals surface area contributed by atoms with Gasteiger partial charge in [-0.05, 0) is 29.3 Å². The second kappa shape index (κ2) is 4.23. The summed E-state index contributed by atoms with van der Waals surface area (Å²) in [6.07, 6.45) is 4.80. The highest BCUT2D eigenvalue weighted by molar-refractivity contribution is 5.91. The van der Waals surface area contributed by atoms with E-state index in [1.54, 1.807) is 0 Å². The van der Waals surface area contributed by atoms with E-state index in [4.69, 9.17) is 5.73 Å². The second-order valence-electron chi connectivity index (χ2n) is 5.08. The molecular weight excluding hydrogens is 250 g/mol. The van der Waals surface area contributed by atoms with Gasteiger partial charge in [-0.25, -0.2) is 9.97 Å². The van der Waals surface area contributed by atoms with Crippen LogP contribution < -0.4 is 16.4 Å². The van der Waals surface area contributed by atoms with Crippen LogP contribution in [0.4, 0.5) is 5.82 Å². The number of benzene rings is 1. The van der Waals surface area contributed by atoms with E-state index in [1.807, 2.05) is 6.07 Å². The topological polar surface area (TPSA) is 75.9 Å². The summed E-state index contributed by atoms with van der Waals surface area (Å²) in [5.41, 5.74) is 11.8. The molecule has 0 radical (unpaired) electrons. The van der Waals surface area contributed by atoms with Crippen molar-refractivity contribution in [2.75, 3.05) is 18.8 Å². The Morgan fingerprint density at radius 3 is 3.05 bits per heavy atom. The molecule has 0 aliphatic carbocycles. The monoisotopic (exact) mass is 265 g/mol. The molecule has 1 aromatic heterocycles. The fraction of sp³-hybridized carbons (Fsp3) is 0.200. The zero-order valence-corrected chi connectivity index (χ0v) is 11.0. The SMILES string of the molecule is Nc1ncnc2ccc(C3=CC4=C(CCN4)NC3)cc12. The van der Waals surface area contributed by atoms with Crippen molar-refractivity contribution < 1.29 is 0 Å². The molecule has 2 aromatic rings. The molecule has 3 heterocycles. The first-order valence-corrected chi connectivity index (χ1v) is 6.73. The van der Waals surface area contributed by atoms with E-state index < -0.39 is 0 Å². The third kappa shape index (κ3) is 1.71. The third-order valence-electron chi connectivity index (χ3n) is 3.86. The van der Waals surface area contributed by atoms with Gasteiger partial charge in [0.2, 0.25) is 0 Å². The van der Waals surface area contributed by atoms with Crippen molar-refractivity contribution in [1.29, 1.82) is 0 Å². The van der Waals surface area contributed by atoms with Crippen molar-refractivity contribution in [2.45, 2.75) is 6.42 Å². The summed E-state index contributed by atoms with van der Waals surface area (Å²) in [5.74, 6) is 0.528. The van der Waals surface area contributed by atoms with Crippen LogP contribution in [0.2, 0.25) is 0 Å². The molecule has 4 rings (SSSR count). The minimum Gasteiger partial charge on any atom is -0.383 e.